The van der Waals surface area contributed by atoms with Gasteiger partial charge in [0, 0.05) is 16.8 Å². The Balaban J connectivity index is 2.08. The van der Waals surface area contributed by atoms with Crippen LogP contribution in [0.25, 0.3) is 0 Å². The number of thioether (sulfide) groups is 1. The number of hydrogen-bond acceptors (Lipinski definition) is 4. The maximum Gasteiger partial charge on any atom is 0.354 e. The van der Waals surface area contributed by atoms with Crippen LogP contribution in [0.1, 0.15) is 20.8 Å². The van der Waals surface area contributed by atoms with Crippen LogP contribution in [0.5, 0.6) is 0 Å². The molecule has 0 aliphatic carbocycles. The maximum atomic E-state index is 11.9. The van der Waals surface area contributed by atoms with Crippen molar-refractivity contribution in [2.45, 2.75) is 4.90 Å². The molecule has 0 unspecified atom stereocenters. The second kappa shape index (κ2) is 6.21. The fraction of sp³-hybridized carbons (Fsp3) is 0.0714. The van der Waals surface area contributed by atoms with Crippen molar-refractivity contribution in [3.63, 3.8) is 0 Å². The molecule has 1 amide bonds. The minimum Gasteiger partial charge on any atom is -0.477 e. The van der Waals surface area contributed by atoms with E-state index in [9.17, 15) is 9.59 Å². The van der Waals surface area contributed by atoms with E-state index in [0.717, 1.165) is 4.90 Å². The smallest absolute Gasteiger partial charge is 0.354 e. The molecule has 102 valence electrons. The molecule has 1 aromatic heterocycles. The van der Waals surface area contributed by atoms with Crippen molar-refractivity contribution >= 4 is 29.3 Å². The minimum absolute atomic E-state index is 0.0918. The van der Waals surface area contributed by atoms with Gasteiger partial charge in [-0.25, -0.2) is 9.78 Å². The van der Waals surface area contributed by atoms with E-state index in [-0.39, 0.29) is 11.6 Å². The summed E-state index contributed by atoms with van der Waals surface area (Å²) in [4.78, 5) is 27.4. The largest absolute Gasteiger partial charge is 0.477 e. The molecular formula is C14H12N2O3S. The van der Waals surface area contributed by atoms with Gasteiger partial charge in [0.15, 0.2) is 0 Å². The third-order valence-electron chi connectivity index (χ3n) is 2.59. The van der Waals surface area contributed by atoms with Crippen LogP contribution in [-0.2, 0) is 0 Å². The highest BCUT2D eigenvalue weighted by molar-refractivity contribution is 7.98. The molecule has 0 aliphatic rings. The summed E-state index contributed by atoms with van der Waals surface area (Å²) in [5.74, 6) is -1.45. The summed E-state index contributed by atoms with van der Waals surface area (Å²) < 4.78 is 0. The van der Waals surface area contributed by atoms with Crippen LogP contribution in [0, 0.1) is 0 Å². The lowest BCUT2D eigenvalue weighted by molar-refractivity contribution is 0.0690. The number of anilines is 1. The highest BCUT2D eigenvalue weighted by atomic mass is 32.2. The standard InChI is InChI=1S/C14H12N2O3S/c1-20-11-5-3-10(4-6-11)16-13(17)9-2-7-12(14(18)19)15-8-9/h2-8H,1H3,(H,16,17)(H,18,19). The van der Waals surface area contributed by atoms with Gasteiger partial charge in [-0.05, 0) is 42.7 Å². The molecule has 0 bridgehead atoms. The van der Waals surface area contributed by atoms with E-state index in [1.165, 1.54) is 18.3 Å². The summed E-state index contributed by atoms with van der Waals surface area (Å²) in [5, 5.41) is 11.5. The molecule has 0 saturated heterocycles. The SMILES string of the molecule is CSc1ccc(NC(=O)c2ccc(C(=O)O)nc2)cc1. The molecule has 0 fully saturated rings. The number of benzene rings is 1. The number of nitrogens with one attached hydrogen (secondary N) is 1. The topological polar surface area (TPSA) is 79.3 Å². The van der Waals surface area contributed by atoms with Crippen molar-refractivity contribution in [2.75, 3.05) is 11.6 Å². The Morgan fingerprint density at radius 3 is 2.35 bits per heavy atom. The first kappa shape index (κ1) is 14.1. The molecule has 2 aromatic rings. The molecule has 0 spiro atoms. The van der Waals surface area contributed by atoms with E-state index < -0.39 is 5.97 Å². The molecule has 2 rings (SSSR count). The molecule has 6 heteroatoms. The zero-order chi connectivity index (χ0) is 14.5. The van der Waals surface area contributed by atoms with Gasteiger partial charge in [0.2, 0.25) is 0 Å². The summed E-state index contributed by atoms with van der Waals surface area (Å²) in [5.41, 5.74) is 0.893. The van der Waals surface area contributed by atoms with Crippen LogP contribution < -0.4 is 5.32 Å². The van der Waals surface area contributed by atoms with Crippen molar-refractivity contribution in [1.29, 1.82) is 0 Å². The van der Waals surface area contributed by atoms with E-state index in [1.807, 2.05) is 30.5 Å². The lowest BCUT2D eigenvalue weighted by atomic mass is 10.2. The molecule has 0 atom stereocenters. The first-order valence-electron chi connectivity index (χ1n) is 5.75. The summed E-state index contributed by atoms with van der Waals surface area (Å²) in [7, 11) is 0. The van der Waals surface area contributed by atoms with E-state index in [0.29, 0.717) is 11.3 Å². The number of carbonyl (C=O) groups is 2. The van der Waals surface area contributed by atoms with Gasteiger partial charge in [-0.3, -0.25) is 4.79 Å². The molecular weight excluding hydrogens is 276 g/mol. The van der Waals surface area contributed by atoms with Crippen LogP contribution in [0.15, 0.2) is 47.5 Å². The third-order valence-corrected chi connectivity index (χ3v) is 3.34. The summed E-state index contributed by atoms with van der Waals surface area (Å²) >= 11 is 1.62. The summed E-state index contributed by atoms with van der Waals surface area (Å²) in [6.45, 7) is 0. The molecule has 0 radical (unpaired) electrons. The van der Waals surface area contributed by atoms with Crippen LogP contribution in [0.3, 0.4) is 0 Å². The lowest BCUT2D eigenvalue weighted by Gasteiger charge is -2.05. The average molecular weight is 288 g/mol. The monoisotopic (exact) mass is 288 g/mol. The van der Waals surface area contributed by atoms with Crippen LogP contribution in [0.2, 0.25) is 0 Å². The fourth-order valence-corrected chi connectivity index (χ4v) is 1.94. The zero-order valence-electron chi connectivity index (χ0n) is 10.7. The number of hydrogen-bond donors (Lipinski definition) is 2. The van der Waals surface area contributed by atoms with E-state index in [4.69, 9.17) is 5.11 Å². The number of carbonyl (C=O) groups excluding carboxylic acids is 1. The number of carboxylic acids is 1. The van der Waals surface area contributed by atoms with Gasteiger partial charge >= 0.3 is 5.97 Å². The summed E-state index contributed by atoms with van der Waals surface area (Å²) in [6, 6.07) is 10.2. The second-order valence-electron chi connectivity index (χ2n) is 3.92. The lowest BCUT2D eigenvalue weighted by Crippen LogP contribution is -2.13. The Hall–Kier alpha value is -2.34. The van der Waals surface area contributed by atoms with E-state index in [2.05, 4.69) is 10.3 Å². The predicted octanol–water partition coefficient (Wildman–Crippen LogP) is 2.75. The Morgan fingerprint density at radius 1 is 1.15 bits per heavy atom. The average Bonchev–Trinajstić information content (AvgIpc) is 2.48. The molecule has 0 saturated carbocycles. The molecule has 1 aromatic carbocycles. The number of rotatable bonds is 4. The van der Waals surface area contributed by atoms with Crippen LogP contribution in [-0.4, -0.2) is 28.2 Å². The second-order valence-corrected chi connectivity index (χ2v) is 4.80. The molecule has 2 N–H and O–H groups in total. The fourth-order valence-electron chi connectivity index (χ4n) is 1.53. The molecule has 5 nitrogen and oxygen atoms in total. The molecule has 20 heavy (non-hydrogen) atoms. The first-order chi connectivity index (χ1) is 9.60. The van der Waals surface area contributed by atoms with Crippen LogP contribution >= 0.6 is 11.8 Å². The van der Waals surface area contributed by atoms with Gasteiger partial charge in [-0.1, -0.05) is 0 Å². The van der Waals surface area contributed by atoms with Gasteiger partial charge in [0.1, 0.15) is 5.69 Å². The zero-order valence-corrected chi connectivity index (χ0v) is 11.5. The number of carboxylic acid groups (broad SMARTS) is 1. The van der Waals surface area contributed by atoms with Crippen molar-refractivity contribution in [3.05, 3.63) is 53.9 Å². The van der Waals surface area contributed by atoms with Crippen molar-refractivity contribution in [2.24, 2.45) is 0 Å². The number of amides is 1. The van der Waals surface area contributed by atoms with Gasteiger partial charge in [0.25, 0.3) is 5.91 Å². The molecule has 1 heterocycles. The Labute approximate surface area is 120 Å². The highest BCUT2D eigenvalue weighted by Crippen LogP contribution is 2.18. The minimum atomic E-state index is -1.12. The van der Waals surface area contributed by atoms with Gasteiger partial charge < -0.3 is 10.4 Å². The van der Waals surface area contributed by atoms with Crippen LogP contribution in [0.4, 0.5) is 5.69 Å². The van der Waals surface area contributed by atoms with E-state index >= 15 is 0 Å². The van der Waals surface area contributed by atoms with Crippen molar-refractivity contribution in [1.82, 2.24) is 4.98 Å². The van der Waals surface area contributed by atoms with Gasteiger partial charge in [0.05, 0.1) is 5.56 Å². The normalized spacial score (nSPS) is 10.1. The van der Waals surface area contributed by atoms with Crippen molar-refractivity contribution in [3.8, 4) is 0 Å². The Morgan fingerprint density at radius 2 is 1.85 bits per heavy atom. The summed E-state index contributed by atoms with van der Waals surface area (Å²) in [6.07, 6.45) is 3.22. The Kier molecular flexibility index (Phi) is 4.37. The van der Waals surface area contributed by atoms with E-state index in [1.54, 1.807) is 11.8 Å². The highest BCUT2D eigenvalue weighted by Gasteiger charge is 2.09. The third kappa shape index (κ3) is 3.36. The molecule has 0 aliphatic heterocycles. The van der Waals surface area contributed by atoms with Crippen molar-refractivity contribution < 1.29 is 14.7 Å². The first-order valence-corrected chi connectivity index (χ1v) is 6.97. The number of aromatic nitrogens is 1. The predicted molar refractivity (Wildman–Crippen MR) is 77.4 cm³/mol. The quantitative estimate of drug-likeness (QED) is 0.846. The number of aromatic carboxylic acids is 1. The maximum absolute atomic E-state index is 11.9. The number of nitrogens with zero attached hydrogens (tertiary/aromatic N) is 1. The van der Waals surface area contributed by atoms with Gasteiger partial charge in [-0.15, -0.1) is 11.8 Å². The van der Waals surface area contributed by atoms with Gasteiger partial charge in [-0.2, -0.15) is 0 Å². The number of pyridine rings is 1. The Bertz CT molecular complexity index is 624.